The monoisotopic (exact) mass is 266 g/mol. The van der Waals surface area contributed by atoms with Gasteiger partial charge in [-0.25, -0.2) is 4.98 Å². The van der Waals surface area contributed by atoms with Gasteiger partial charge in [-0.15, -0.1) is 11.3 Å². The molecule has 1 unspecified atom stereocenters. The number of nitrogen functional groups attached to an aromatic ring is 1. The van der Waals surface area contributed by atoms with Crippen molar-refractivity contribution >= 4 is 16.5 Å². The van der Waals surface area contributed by atoms with Gasteiger partial charge in [0.15, 0.2) is 11.0 Å². The van der Waals surface area contributed by atoms with Crippen LogP contribution in [0.15, 0.2) is 9.90 Å². The second-order valence-corrected chi connectivity index (χ2v) is 5.19. The van der Waals surface area contributed by atoms with Crippen LogP contribution in [-0.2, 0) is 17.6 Å². The molecule has 1 saturated heterocycles. The SMILES string of the molecule is Nc1nc(Cc2nc(CC3CCCO3)no2)cs1. The molecule has 18 heavy (non-hydrogen) atoms. The average Bonchev–Trinajstić information content (AvgIpc) is 3.04. The Balaban J connectivity index is 1.62. The molecular weight excluding hydrogens is 252 g/mol. The highest BCUT2D eigenvalue weighted by Crippen LogP contribution is 2.17. The molecule has 2 aromatic rings. The van der Waals surface area contributed by atoms with Crippen LogP contribution in [0.3, 0.4) is 0 Å². The molecule has 3 heterocycles. The average molecular weight is 266 g/mol. The summed E-state index contributed by atoms with van der Waals surface area (Å²) in [5.41, 5.74) is 6.44. The molecule has 96 valence electrons. The van der Waals surface area contributed by atoms with E-state index in [9.17, 15) is 0 Å². The normalized spacial score (nSPS) is 19.4. The van der Waals surface area contributed by atoms with E-state index < -0.39 is 0 Å². The van der Waals surface area contributed by atoms with Crippen LogP contribution in [0.25, 0.3) is 0 Å². The Bertz CT molecular complexity index is 519. The summed E-state index contributed by atoms with van der Waals surface area (Å²) >= 11 is 1.41. The number of hydrogen-bond acceptors (Lipinski definition) is 7. The molecule has 2 N–H and O–H groups in total. The van der Waals surface area contributed by atoms with E-state index in [1.54, 1.807) is 0 Å². The van der Waals surface area contributed by atoms with E-state index in [4.69, 9.17) is 15.0 Å². The van der Waals surface area contributed by atoms with E-state index >= 15 is 0 Å². The third-order valence-corrected chi connectivity index (χ3v) is 3.57. The van der Waals surface area contributed by atoms with Crippen molar-refractivity contribution in [3.8, 4) is 0 Å². The number of aromatic nitrogens is 3. The van der Waals surface area contributed by atoms with Crippen LogP contribution >= 0.6 is 11.3 Å². The predicted octanol–water partition coefficient (Wildman–Crippen LogP) is 1.42. The molecule has 1 aliphatic heterocycles. The number of hydrogen-bond donors (Lipinski definition) is 1. The zero-order valence-electron chi connectivity index (χ0n) is 9.83. The van der Waals surface area contributed by atoms with Gasteiger partial charge < -0.3 is 15.0 Å². The van der Waals surface area contributed by atoms with Gasteiger partial charge in [0.1, 0.15) is 0 Å². The lowest BCUT2D eigenvalue weighted by Gasteiger charge is -2.03. The van der Waals surface area contributed by atoms with E-state index in [2.05, 4.69) is 15.1 Å². The van der Waals surface area contributed by atoms with E-state index in [1.165, 1.54) is 11.3 Å². The van der Waals surface area contributed by atoms with Gasteiger partial charge in [0, 0.05) is 18.4 Å². The van der Waals surface area contributed by atoms with E-state index in [0.29, 0.717) is 23.3 Å². The molecule has 2 aromatic heterocycles. The first-order valence-electron chi connectivity index (χ1n) is 5.92. The third kappa shape index (κ3) is 2.68. The fourth-order valence-corrected chi connectivity index (χ4v) is 2.58. The van der Waals surface area contributed by atoms with Gasteiger partial charge in [-0.05, 0) is 12.8 Å². The van der Waals surface area contributed by atoms with Crippen molar-refractivity contribution in [1.82, 2.24) is 15.1 Å². The Morgan fingerprint density at radius 2 is 2.39 bits per heavy atom. The Labute approximate surface area is 108 Å². The zero-order chi connectivity index (χ0) is 12.4. The largest absolute Gasteiger partial charge is 0.378 e. The molecule has 0 amide bonds. The number of thiazole rings is 1. The Hall–Kier alpha value is -1.47. The first kappa shape index (κ1) is 11.6. The molecule has 3 rings (SSSR count). The van der Waals surface area contributed by atoms with Crippen LogP contribution in [0.5, 0.6) is 0 Å². The molecule has 0 spiro atoms. The summed E-state index contributed by atoms with van der Waals surface area (Å²) in [6.07, 6.45) is 3.69. The van der Waals surface area contributed by atoms with Gasteiger partial charge in [-0.1, -0.05) is 5.16 Å². The lowest BCUT2D eigenvalue weighted by atomic mass is 10.2. The van der Waals surface area contributed by atoms with Gasteiger partial charge in [-0.2, -0.15) is 4.98 Å². The van der Waals surface area contributed by atoms with Gasteiger partial charge in [-0.3, -0.25) is 0 Å². The van der Waals surface area contributed by atoms with Gasteiger partial charge in [0.25, 0.3) is 0 Å². The van der Waals surface area contributed by atoms with Crippen LogP contribution in [0.2, 0.25) is 0 Å². The maximum absolute atomic E-state index is 5.57. The Morgan fingerprint density at radius 1 is 1.44 bits per heavy atom. The van der Waals surface area contributed by atoms with Crippen LogP contribution in [0.4, 0.5) is 5.13 Å². The predicted molar refractivity (Wildman–Crippen MR) is 66.3 cm³/mol. The van der Waals surface area contributed by atoms with Crippen molar-refractivity contribution in [3.63, 3.8) is 0 Å². The summed E-state index contributed by atoms with van der Waals surface area (Å²) in [6.45, 7) is 0.841. The van der Waals surface area contributed by atoms with Crippen molar-refractivity contribution < 1.29 is 9.26 Å². The molecule has 0 aromatic carbocycles. The Kier molecular flexibility index (Phi) is 3.24. The van der Waals surface area contributed by atoms with Crippen molar-refractivity contribution in [2.75, 3.05) is 12.3 Å². The first-order chi connectivity index (χ1) is 8.79. The highest BCUT2D eigenvalue weighted by atomic mass is 32.1. The minimum Gasteiger partial charge on any atom is -0.378 e. The minimum absolute atomic E-state index is 0.241. The third-order valence-electron chi connectivity index (χ3n) is 2.85. The molecule has 1 atom stereocenters. The maximum atomic E-state index is 5.57. The molecule has 0 saturated carbocycles. The van der Waals surface area contributed by atoms with Crippen molar-refractivity contribution in [2.24, 2.45) is 0 Å². The summed E-state index contributed by atoms with van der Waals surface area (Å²) in [5.74, 6) is 1.29. The molecule has 6 nitrogen and oxygen atoms in total. The van der Waals surface area contributed by atoms with E-state index in [-0.39, 0.29) is 6.10 Å². The van der Waals surface area contributed by atoms with Crippen molar-refractivity contribution in [3.05, 3.63) is 22.8 Å². The fourth-order valence-electron chi connectivity index (χ4n) is 2.01. The smallest absolute Gasteiger partial charge is 0.232 e. The number of nitrogens with two attached hydrogens (primary N) is 1. The quantitative estimate of drug-likeness (QED) is 0.900. The lowest BCUT2D eigenvalue weighted by Crippen LogP contribution is -2.09. The van der Waals surface area contributed by atoms with E-state index in [1.807, 2.05) is 5.38 Å². The summed E-state index contributed by atoms with van der Waals surface area (Å²) in [4.78, 5) is 8.51. The minimum atomic E-state index is 0.241. The molecular formula is C11H14N4O2S. The summed E-state index contributed by atoms with van der Waals surface area (Å²) in [7, 11) is 0. The number of ether oxygens (including phenoxy) is 1. The summed E-state index contributed by atoms with van der Waals surface area (Å²) in [5, 5.41) is 6.42. The standard InChI is InChI=1S/C11H14N4O2S/c12-11-13-7(6-18-11)4-10-14-9(15-17-10)5-8-2-1-3-16-8/h6,8H,1-5H2,(H2,12,13). The molecule has 0 radical (unpaired) electrons. The highest BCUT2D eigenvalue weighted by Gasteiger charge is 2.19. The van der Waals surface area contributed by atoms with Gasteiger partial charge >= 0.3 is 0 Å². The topological polar surface area (TPSA) is 87.1 Å². The Morgan fingerprint density at radius 3 is 3.11 bits per heavy atom. The molecule has 1 fully saturated rings. The zero-order valence-corrected chi connectivity index (χ0v) is 10.7. The number of anilines is 1. The second-order valence-electron chi connectivity index (χ2n) is 4.30. The number of nitrogens with zero attached hydrogens (tertiary/aromatic N) is 3. The summed E-state index contributed by atoms with van der Waals surface area (Å²) < 4.78 is 10.7. The van der Waals surface area contributed by atoms with Crippen LogP contribution in [0.1, 0.15) is 30.3 Å². The molecule has 1 aliphatic rings. The van der Waals surface area contributed by atoms with E-state index in [0.717, 1.165) is 31.6 Å². The summed E-state index contributed by atoms with van der Waals surface area (Å²) in [6, 6.07) is 0. The second kappa shape index (κ2) is 5.03. The highest BCUT2D eigenvalue weighted by molar-refractivity contribution is 7.13. The van der Waals surface area contributed by atoms with Crippen LogP contribution in [0, 0.1) is 0 Å². The van der Waals surface area contributed by atoms with Crippen molar-refractivity contribution in [1.29, 1.82) is 0 Å². The van der Waals surface area contributed by atoms with Gasteiger partial charge in [0.05, 0.1) is 18.2 Å². The lowest BCUT2D eigenvalue weighted by molar-refractivity contribution is 0.109. The van der Waals surface area contributed by atoms with Crippen LogP contribution in [-0.4, -0.2) is 27.8 Å². The van der Waals surface area contributed by atoms with Crippen LogP contribution < -0.4 is 5.73 Å². The van der Waals surface area contributed by atoms with Gasteiger partial charge in [0.2, 0.25) is 5.89 Å². The van der Waals surface area contributed by atoms with Crippen molar-refractivity contribution in [2.45, 2.75) is 31.8 Å². The fraction of sp³-hybridized carbons (Fsp3) is 0.545. The molecule has 0 aliphatic carbocycles. The number of rotatable bonds is 4. The maximum Gasteiger partial charge on any atom is 0.232 e. The molecule has 0 bridgehead atoms. The first-order valence-corrected chi connectivity index (χ1v) is 6.80. The molecule has 7 heteroatoms.